The third kappa shape index (κ3) is 3.20. The van der Waals surface area contributed by atoms with Crippen molar-refractivity contribution in [3.05, 3.63) is 35.6 Å². The quantitative estimate of drug-likeness (QED) is 0.586. The van der Waals surface area contributed by atoms with Gasteiger partial charge in [0.2, 0.25) is 0 Å². The second-order valence-electron chi connectivity index (χ2n) is 4.65. The number of hydrazine groups is 1. The molecule has 0 spiro atoms. The average molecular weight is 251 g/mol. The Hall–Kier alpha value is -1.62. The fraction of sp³-hybridized carbons (Fsp3) is 0.462. The third-order valence-electron chi connectivity index (χ3n) is 2.94. The zero-order valence-electron chi connectivity index (χ0n) is 10.4. The topological polar surface area (TPSA) is 59.6 Å². The number of allylic oxidation sites excluding steroid dienone is 4. The minimum absolute atomic E-state index is 0.210. The fourth-order valence-corrected chi connectivity index (χ4v) is 2.00. The summed E-state index contributed by atoms with van der Waals surface area (Å²) in [5, 5.41) is 0. The predicted octanol–water partition coefficient (Wildman–Crippen LogP) is 2.67. The van der Waals surface area contributed by atoms with Crippen molar-refractivity contribution in [2.45, 2.75) is 32.6 Å². The minimum Gasteiger partial charge on any atom is -0.440 e. The smallest absolute Gasteiger partial charge is 0.195 e. The highest BCUT2D eigenvalue weighted by molar-refractivity contribution is 5.78. The maximum Gasteiger partial charge on any atom is 0.195 e. The van der Waals surface area contributed by atoms with Crippen LogP contribution in [0.1, 0.15) is 32.6 Å². The highest BCUT2D eigenvalue weighted by Crippen LogP contribution is 2.24. The van der Waals surface area contributed by atoms with Crippen LogP contribution < -0.4 is 11.3 Å². The van der Waals surface area contributed by atoms with E-state index in [-0.39, 0.29) is 11.6 Å². The highest BCUT2D eigenvalue weighted by Gasteiger charge is 2.17. The van der Waals surface area contributed by atoms with Crippen LogP contribution in [0, 0.1) is 5.92 Å². The van der Waals surface area contributed by atoms with Gasteiger partial charge in [-0.15, -0.1) is 0 Å². The normalized spacial score (nSPS) is 24.3. The molecule has 0 fully saturated rings. The van der Waals surface area contributed by atoms with Gasteiger partial charge in [-0.1, -0.05) is 13.0 Å². The van der Waals surface area contributed by atoms with E-state index in [0.29, 0.717) is 24.7 Å². The monoisotopic (exact) mass is 251 g/mol. The second-order valence-corrected chi connectivity index (χ2v) is 4.65. The van der Waals surface area contributed by atoms with E-state index >= 15 is 0 Å². The van der Waals surface area contributed by atoms with E-state index in [2.05, 4.69) is 17.3 Å². The van der Waals surface area contributed by atoms with Crippen molar-refractivity contribution in [3.8, 4) is 0 Å². The fourth-order valence-electron chi connectivity index (χ4n) is 2.00. The van der Waals surface area contributed by atoms with Crippen molar-refractivity contribution >= 4 is 5.90 Å². The summed E-state index contributed by atoms with van der Waals surface area (Å²) in [4.78, 5) is 4.21. The number of hydrogen-bond donors (Lipinski definition) is 2. The molecule has 18 heavy (non-hydrogen) atoms. The molecule has 0 amide bonds. The highest BCUT2D eigenvalue weighted by atomic mass is 19.1. The van der Waals surface area contributed by atoms with Gasteiger partial charge in [0.05, 0.1) is 6.20 Å². The molecule has 5 heteroatoms. The van der Waals surface area contributed by atoms with E-state index in [0.717, 1.165) is 18.5 Å². The van der Waals surface area contributed by atoms with Gasteiger partial charge in [0.15, 0.2) is 11.7 Å². The predicted molar refractivity (Wildman–Crippen MR) is 68.8 cm³/mol. The lowest BCUT2D eigenvalue weighted by atomic mass is 10.0. The maximum atomic E-state index is 13.5. The molecule has 1 aliphatic carbocycles. The SMILES string of the molecule is CC1CC(NN)=CN=C(OC2=C(F)CCC=C2)C1. The van der Waals surface area contributed by atoms with Crippen molar-refractivity contribution in [2.75, 3.05) is 0 Å². The molecular formula is C13H18FN3O. The number of aliphatic imine (C=N–C) groups is 1. The van der Waals surface area contributed by atoms with E-state index in [4.69, 9.17) is 10.6 Å². The van der Waals surface area contributed by atoms with Gasteiger partial charge in [0.25, 0.3) is 0 Å². The third-order valence-corrected chi connectivity index (χ3v) is 2.94. The molecule has 1 unspecified atom stereocenters. The molecule has 0 radical (unpaired) electrons. The van der Waals surface area contributed by atoms with Crippen molar-refractivity contribution in [1.29, 1.82) is 0 Å². The maximum absolute atomic E-state index is 13.5. The number of nitrogens with zero attached hydrogens (tertiary/aromatic N) is 1. The summed E-state index contributed by atoms with van der Waals surface area (Å²) in [6.07, 6.45) is 7.83. The average Bonchev–Trinajstić information content (AvgIpc) is 2.53. The van der Waals surface area contributed by atoms with Gasteiger partial charge in [0, 0.05) is 18.5 Å². The van der Waals surface area contributed by atoms with Crippen LogP contribution in [0.25, 0.3) is 0 Å². The van der Waals surface area contributed by atoms with E-state index in [1.165, 1.54) is 0 Å². The Bertz CT molecular complexity index is 438. The first-order valence-corrected chi connectivity index (χ1v) is 6.14. The van der Waals surface area contributed by atoms with Crippen LogP contribution in [-0.4, -0.2) is 5.90 Å². The Balaban J connectivity index is 2.11. The van der Waals surface area contributed by atoms with Crippen LogP contribution in [0.15, 0.2) is 40.6 Å². The molecule has 1 heterocycles. The number of nitrogens with two attached hydrogens (primary N) is 1. The minimum atomic E-state index is -0.210. The van der Waals surface area contributed by atoms with Crippen LogP contribution in [0.2, 0.25) is 0 Å². The summed E-state index contributed by atoms with van der Waals surface area (Å²) in [5.74, 6) is 6.33. The van der Waals surface area contributed by atoms with Crippen molar-refractivity contribution in [3.63, 3.8) is 0 Å². The van der Waals surface area contributed by atoms with Gasteiger partial charge >= 0.3 is 0 Å². The number of rotatable bonds is 2. The zero-order valence-corrected chi connectivity index (χ0v) is 10.4. The lowest BCUT2D eigenvalue weighted by Gasteiger charge is -2.14. The Labute approximate surface area is 106 Å². The van der Waals surface area contributed by atoms with Gasteiger partial charge in [-0.3, -0.25) is 5.84 Å². The number of nitrogens with one attached hydrogen (secondary N) is 1. The van der Waals surface area contributed by atoms with Gasteiger partial charge in [-0.25, -0.2) is 9.38 Å². The van der Waals surface area contributed by atoms with Crippen LogP contribution in [0.3, 0.4) is 0 Å². The molecule has 3 N–H and O–H groups in total. The van der Waals surface area contributed by atoms with Crippen LogP contribution in [-0.2, 0) is 4.74 Å². The summed E-state index contributed by atoms with van der Waals surface area (Å²) < 4.78 is 19.1. The van der Waals surface area contributed by atoms with Gasteiger partial charge < -0.3 is 10.2 Å². The molecule has 1 aliphatic heterocycles. The zero-order chi connectivity index (χ0) is 13.0. The summed E-state index contributed by atoms with van der Waals surface area (Å²) in [7, 11) is 0. The molecule has 98 valence electrons. The lowest BCUT2D eigenvalue weighted by molar-refractivity contribution is 0.372. The summed E-state index contributed by atoms with van der Waals surface area (Å²) in [5.41, 5.74) is 3.46. The van der Waals surface area contributed by atoms with Crippen LogP contribution >= 0.6 is 0 Å². The van der Waals surface area contributed by atoms with E-state index in [9.17, 15) is 4.39 Å². The first-order valence-electron chi connectivity index (χ1n) is 6.14. The van der Waals surface area contributed by atoms with E-state index in [1.807, 2.05) is 6.08 Å². The molecule has 0 aromatic heterocycles. The Morgan fingerprint density at radius 3 is 3.06 bits per heavy atom. The summed E-state index contributed by atoms with van der Waals surface area (Å²) in [6.45, 7) is 2.08. The van der Waals surface area contributed by atoms with E-state index in [1.54, 1.807) is 12.3 Å². The van der Waals surface area contributed by atoms with Crippen molar-refractivity contribution in [2.24, 2.45) is 16.8 Å². The first-order chi connectivity index (χ1) is 8.69. The Kier molecular flexibility index (Phi) is 4.15. The number of ether oxygens (including phenoxy) is 1. The standard InChI is InChI=1S/C13H18FN3O/c1-9-6-10(17-15)8-16-13(7-9)18-12-5-3-2-4-11(12)14/h3,5,8-9,17H,2,4,6-7,15H2,1H3. The molecule has 0 saturated heterocycles. The van der Waals surface area contributed by atoms with Crippen LogP contribution in [0.4, 0.5) is 4.39 Å². The van der Waals surface area contributed by atoms with Crippen LogP contribution in [0.5, 0.6) is 0 Å². The van der Waals surface area contributed by atoms with Gasteiger partial charge in [0.1, 0.15) is 5.83 Å². The number of halogens is 1. The molecule has 0 aromatic rings. The molecule has 1 atom stereocenters. The Morgan fingerprint density at radius 2 is 2.33 bits per heavy atom. The first kappa shape index (κ1) is 12.8. The van der Waals surface area contributed by atoms with Crippen molar-refractivity contribution in [1.82, 2.24) is 5.43 Å². The van der Waals surface area contributed by atoms with E-state index < -0.39 is 0 Å². The lowest BCUT2D eigenvalue weighted by Crippen LogP contribution is -2.22. The largest absolute Gasteiger partial charge is 0.440 e. The van der Waals surface area contributed by atoms with Gasteiger partial charge in [-0.05, 0) is 24.8 Å². The van der Waals surface area contributed by atoms with Gasteiger partial charge in [-0.2, -0.15) is 0 Å². The molecule has 0 saturated carbocycles. The summed E-state index contributed by atoms with van der Waals surface area (Å²) in [6, 6.07) is 0. The Morgan fingerprint density at radius 1 is 1.50 bits per heavy atom. The summed E-state index contributed by atoms with van der Waals surface area (Å²) >= 11 is 0. The molecule has 4 nitrogen and oxygen atoms in total. The molecule has 0 bridgehead atoms. The molecule has 2 aliphatic rings. The second kappa shape index (κ2) is 5.82. The molecule has 2 rings (SSSR count). The van der Waals surface area contributed by atoms with Crippen molar-refractivity contribution < 1.29 is 9.13 Å². The number of hydrogen-bond acceptors (Lipinski definition) is 4. The molecular weight excluding hydrogens is 233 g/mol. The molecule has 0 aromatic carbocycles.